The van der Waals surface area contributed by atoms with Crippen LogP contribution in [0.15, 0.2) is 0 Å². The zero-order chi connectivity index (χ0) is 21.7. The maximum atomic E-state index is 6.07. The van der Waals surface area contributed by atoms with Crippen LogP contribution in [0, 0.1) is 0 Å². The zero-order valence-corrected chi connectivity index (χ0v) is 23.1. The third kappa shape index (κ3) is 6.30. The molecule has 3 unspecified atom stereocenters. The van der Waals surface area contributed by atoms with E-state index in [-0.39, 0.29) is 6.23 Å². The second kappa shape index (κ2) is 10.3. The first-order valence-electron chi connectivity index (χ1n) is 8.27. The molecule has 1 rings (SSSR count). The van der Waals surface area contributed by atoms with Crippen LogP contribution in [-0.4, -0.2) is 100 Å². The van der Waals surface area contributed by atoms with Gasteiger partial charge in [0.25, 0.3) is 0 Å². The maximum absolute atomic E-state index is 6.07. The molecule has 168 valence electrons. The normalized spacial score (nSPS) is 28.5. The molecule has 0 N–H and O–H groups in total. The summed E-state index contributed by atoms with van der Waals surface area (Å²) >= 11 is 0. The molecule has 0 aromatic carbocycles. The van der Waals surface area contributed by atoms with Crippen LogP contribution in [0.5, 0.6) is 0 Å². The van der Waals surface area contributed by atoms with Crippen molar-refractivity contribution in [1.82, 2.24) is 0 Å². The number of rotatable bonds is 13. The Kier molecular flexibility index (Phi) is 9.78. The van der Waals surface area contributed by atoms with E-state index in [1.807, 2.05) is 6.55 Å². The summed E-state index contributed by atoms with van der Waals surface area (Å²) in [6.45, 7) is 5.18. The van der Waals surface area contributed by atoms with Crippen molar-refractivity contribution in [2.75, 3.05) is 56.0 Å². The fraction of sp³-hybridized carbons (Fsp3) is 1.00. The lowest BCUT2D eigenvalue weighted by Gasteiger charge is -2.38. The predicted octanol–water partition coefficient (Wildman–Crippen LogP) is 0.228. The molecule has 1 fully saturated rings. The highest BCUT2D eigenvalue weighted by molar-refractivity contribution is 6.84. The Bertz CT molecular complexity index is 497. The van der Waals surface area contributed by atoms with Gasteiger partial charge in [0, 0.05) is 62.9 Å². The first-order valence-corrected chi connectivity index (χ1v) is 18.5. The van der Waals surface area contributed by atoms with Crippen molar-refractivity contribution in [1.29, 1.82) is 0 Å². The molecule has 1 heterocycles. The summed E-state index contributed by atoms with van der Waals surface area (Å²) in [6.07, 6.45) is 0.231. The van der Waals surface area contributed by atoms with Gasteiger partial charge in [-0.15, -0.1) is 0 Å². The quantitative estimate of drug-likeness (QED) is 0.325. The summed E-state index contributed by atoms with van der Waals surface area (Å²) < 4.78 is 68.0. The molecule has 0 spiro atoms. The Balaban J connectivity index is 3.12. The van der Waals surface area contributed by atoms with Gasteiger partial charge >= 0.3 is 44.3 Å². The fourth-order valence-electron chi connectivity index (χ4n) is 2.09. The molecule has 1 aliphatic heterocycles. The van der Waals surface area contributed by atoms with Crippen molar-refractivity contribution in [2.24, 2.45) is 0 Å². The minimum Gasteiger partial charge on any atom is -0.397 e. The van der Waals surface area contributed by atoms with Crippen molar-refractivity contribution in [3.05, 3.63) is 0 Å². The lowest BCUT2D eigenvalue weighted by molar-refractivity contribution is -0.00687. The molecule has 1 aliphatic rings. The Hall–Kier alpha value is 0.604. The summed E-state index contributed by atoms with van der Waals surface area (Å²) in [7, 11) is -6.41. The van der Waals surface area contributed by atoms with Crippen LogP contribution in [0.4, 0.5) is 0 Å². The van der Waals surface area contributed by atoms with E-state index < -0.39 is 44.3 Å². The molecule has 17 heteroatoms. The highest BCUT2D eigenvalue weighted by Crippen LogP contribution is 2.32. The summed E-state index contributed by atoms with van der Waals surface area (Å²) in [5.74, 6) is 0. The Morgan fingerprint density at radius 3 is 1.61 bits per heavy atom. The van der Waals surface area contributed by atoms with Crippen molar-refractivity contribution in [2.45, 2.75) is 19.6 Å². The summed E-state index contributed by atoms with van der Waals surface area (Å²) in [6, 6.07) is 0. The molecule has 0 radical (unpaired) electrons. The predicted molar refractivity (Wildman–Crippen MR) is 106 cm³/mol. The first kappa shape index (κ1) is 26.6. The molecule has 0 aliphatic carbocycles. The number of hydrogen-bond donors (Lipinski definition) is 0. The van der Waals surface area contributed by atoms with E-state index in [0.29, 0.717) is 0 Å². The molecule has 12 nitrogen and oxygen atoms in total. The van der Waals surface area contributed by atoms with Crippen molar-refractivity contribution < 1.29 is 51.9 Å². The van der Waals surface area contributed by atoms with Crippen molar-refractivity contribution in [3.8, 4) is 0 Å². The van der Waals surface area contributed by atoms with Gasteiger partial charge in [-0.3, -0.25) is 0 Å². The van der Waals surface area contributed by atoms with Gasteiger partial charge in [0.1, 0.15) is 0 Å². The largest absolute Gasteiger partial charge is 0.665 e. The van der Waals surface area contributed by atoms with Gasteiger partial charge in [-0.1, -0.05) is 0 Å². The molecular weight excluding hydrogens is 465 g/mol. The van der Waals surface area contributed by atoms with Gasteiger partial charge in [0.05, 0.1) is 6.23 Å². The van der Waals surface area contributed by atoms with E-state index in [9.17, 15) is 0 Å². The first-order chi connectivity index (χ1) is 13.0. The van der Waals surface area contributed by atoms with E-state index in [0.717, 1.165) is 0 Å². The third-order valence-corrected chi connectivity index (χ3v) is 20.3. The van der Waals surface area contributed by atoms with Crippen LogP contribution in [-0.2, 0) is 51.9 Å². The molecule has 0 bridgehead atoms. The Morgan fingerprint density at radius 2 is 1.25 bits per heavy atom. The van der Waals surface area contributed by atoms with Crippen LogP contribution in [0.1, 0.15) is 0 Å². The van der Waals surface area contributed by atoms with Gasteiger partial charge in [0.2, 0.25) is 0 Å². The van der Waals surface area contributed by atoms with Crippen LogP contribution >= 0.6 is 0 Å². The summed E-state index contributed by atoms with van der Waals surface area (Å²) in [5.41, 5.74) is 0. The van der Waals surface area contributed by atoms with Crippen molar-refractivity contribution >= 4 is 44.3 Å². The van der Waals surface area contributed by atoms with E-state index >= 15 is 0 Å². The van der Waals surface area contributed by atoms with Gasteiger partial charge in [0.15, 0.2) is 0 Å². The maximum Gasteiger partial charge on any atom is 0.665 e. The zero-order valence-electron chi connectivity index (χ0n) is 18.1. The minimum absolute atomic E-state index is 0.231. The van der Waals surface area contributed by atoms with Crippen LogP contribution in [0.3, 0.4) is 0 Å². The Labute approximate surface area is 172 Å². The van der Waals surface area contributed by atoms with Gasteiger partial charge in [-0.25, -0.2) is 0 Å². The number of hydrogen-bond acceptors (Lipinski definition) is 12. The molecular formula is C11H32O12Si5. The van der Waals surface area contributed by atoms with E-state index in [4.69, 9.17) is 51.9 Å². The van der Waals surface area contributed by atoms with E-state index in [1.165, 1.54) is 42.7 Å². The van der Waals surface area contributed by atoms with E-state index in [1.54, 1.807) is 20.2 Å². The second-order valence-corrected chi connectivity index (χ2v) is 20.4. The standard InChI is InChI=1S/C11H32O12Si5/c1-12-24(8)11-19-28(18-7,20-24)23-27(16-5,17-6)22-26(10,15-4)21-25(9,13-2)14-3/h11H2,1-10H3. The average Bonchev–Trinajstić information content (AvgIpc) is 3.05. The van der Waals surface area contributed by atoms with Crippen molar-refractivity contribution in [3.63, 3.8) is 0 Å². The molecule has 3 atom stereocenters. The lowest BCUT2D eigenvalue weighted by Crippen LogP contribution is -2.66. The highest BCUT2D eigenvalue weighted by atomic mass is 28.5. The Morgan fingerprint density at radius 1 is 0.714 bits per heavy atom. The molecule has 0 aromatic heterocycles. The summed E-state index contributed by atoms with van der Waals surface area (Å²) in [4.78, 5) is 0. The van der Waals surface area contributed by atoms with Gasteiger partial charge < -0.3 is 51.9 Å². The van der Waals surface area contributed by atoms with Gasteiger partial charge in [-0.05, 0) is 6.55 Å². The average molecular weight is 497 g/mol. The van der Waals surface area contributed by atoms with Crippen LogP contribution in [0.25, 0.3) is 0 Å². The minimum atomic E-state index is -3.88. The fourth-order valence-corrected chi connectivity index (χ4v) is 18.3. The molecule has 0 saturated carbocycles. The topological polar surface area (TPSA) is 111 Å². The third-order valence-electron chi connectivity index (χ3n) is 4.08. The lowest BCUT2D eigenvalue weighted by atomic mass is 11.7. The highest BCUT2D eigenvalue weighted by Gasteiger charge is 2.68. The molecule has 0 amide bonds. The van der Waals surface area contributed by atoms with Gasteiger partial charge in [-0.2, -0.15) is 0 Å². The smallest absolute Gasteiger partial charge is 0.397 e. The SMILES string of the molecule is CO[Si]1(C)CO[Si](OC)(O[Si](OC)(OC)O[Si](C)(OC)O[Si](C)(OC)OC)O1. The van der Waals surface area contributed by atoms with Crippen LogP contribution in [0.2, 0.25) is 19.6 Å². The molecule has 0 aromatic rings. The van der Waals surface area contributed by atoms with E-state index in [2.05, 4.69) is 0 Å². The summed E-state index contributed by atoms with van der Waals surface area (Å²) in [5, 5.41) is 0. The second-order valence-electron chi connectivity index (χ2n) is 5.98. The van der Waals surface area contributed by atoms with Crippen LogP contribution < -0.4 is 0 Å². The molecule has 1 saturated heterocycles. The molecule has 28 heavy (non-hydrogen) atoms. The monoisotopic (exact) mass is 496 g/mol.